The van der Waals surface area contributed by atoms with E-state index in [1.807, 2.05) is 12.1 Å². The number of nitrogens with two attached hydrogens (primary N) is 1. The van der Waals surface area contributed by atoms with Crippen molar-refractivity contribution in [1.82, 2.24) is 4.98 Å². The third-order valence-corrected chi connectivity index (χ3v) is 4.06. The van der Waals surface area contributed by atoms with Gasteiger partial charge in [0.25, 0.3) is 0 Å². The van der Waals surface area contributed by atoms with Crippen LogP contribution in [0.3, 0.4) is 0 Å². The molecule has 2 N–H and O–H groups in total. The highest BCUT2D eigenvalue weighted by atomic mass is 32.2. The molecule has 20 heavy (non-hydrogen) atoms. The fourth-order valence-electron chi connectivity index (χ4n) is 2.00. The zero-order valence-electron chi connectivity index (χ0n) is 11.1. The summed E-state index contributed by atoms with van der Waals surface area (Å²) in [6.45, 7) is 0. The summed E-state index contributed by atoms with van der Waals surface area (Å²) in [5, 5.41) is 1.64. The molecular formula is C14H16N2O3S. The van der Waals surface area contributed by atoms with Gasteiger partial charge in [-0.3, -0.25) is 9.78 Å². The summed E-state index contributed by atoms with van der Waals surface area (Å²) in [5.74, 6) is -0.351. The molecule has 2 rings (SSSR count). The van der Waals surface area contributed by atoms with Crippen molar-refractivity contribution in [3.05, 3.63) is 42.2 Å². The van der Waals surface area contributed by atoms with E-state index in [9.17, 15) is 13.2 Å². The topological polar surface area (TPSA) is 90.1 Å². The van der Waals surface area contributed by atoms with Gasteiger partial charge in [-0.1, -0.05) is 18.2 Å². The monoisotopic (exact) mass is 292 g/mol. The number of carbonyl (C=O) groups is 1. The number of carbonyl (C=O) groups excluding carboxylic acids is 1. The van der Waals surface area contributed by atoms with E-state index in [-0.39, 0.29) is 18.0 Å². The average molecular weight is 292 g/mol. The van der Waals surface area contributed by atoms with Crippen molar-refractivity contribution in [2.75, 3.05) is 12.0 Å². The molecule has 5 nitrogen and oxygen atoms in total. The SMILES string of the molecule is CS(=O)(=O)CCC(N)C(=O)c1cccc2ccncc12. The van der Waals surface area contributed by atoms with Crippen LogP contribution in [0.15, 0.2) is 36.7 Å². The Morgan fingerprint density at radius 3 is 2.80 bits per heavy atom. The Morgan fingerprint density at radius 1 is 1.35 bits per heavy atom. The number of Topliss-reactive ketones (excluding diaryl/α,β-unsaturated/α-hetero) is 1. The van der Waals surface area contributed by atoms with Gasteiger partial charge in [-0.15, -0.1) is 0 Å². The number of rotatable bonds is 5. The molecule has 1 atom stereocenters. The van der Waals surface area contributed by atoms with Crippen molar-refractivity contribution in [2.24, 2.45) is 5.73 Å². The maximum atomic E-state index is 12.3. The summed E-state index contributed by atoms with van der Waals surface area (Å²) in [7, 11) is -3.12. The van der Waals surface area contributed by atoms with Crippen molar-refractivity contribution in [1.29, 1.82) is 0 Å². The van der Waals surface area contributed by atoms with Gasteiger partial charge in [0.1, 0.15) is 9.84 Å². The minimum Gasteiger partial charge on any atom is -0.321 e. The van der Waals surface area contributed by atoms with Crippen LogP contribution < -0.4 is 5.73 Å². The first kappa shape index (κ1) is 14.6. The molecule has 1 unspecified atom stereocenters. The minimum atomic E-state index is -3.12. The van der Waals surface area contributed by atoms with Gasteiger partial charge < -0.3 is 5.73 Å². The van der Waals surface area contributed by atoms with Crippen molar-refractivity contribution in [2.45, 2.75) is 12.5 Å². The van der Waals surface area contributed by atoms with Crippen LogP contribution in [0.25, 0.3) is 10.8 Å². The molecule has 0 saturated carbocycles. The van der Waals surface area contributed by atoms with E-state index >= 15 is 0 Å². The van der Waals surface area contributed by atoms with Gasteiger partial charge in [-0.05, 0) is 17.9 Å². The number of benzene rings is 1. The summed E-state index contributed by atoms with van der Waals surface area (Å²) >= 11 is 0. The lowest BCUT2D eigenvalue weighted by molar-refractivity contribution is 0.0961. The second-order valence-electron chi connectivity index (χ2n) is 4.79. The van der Waals surface area contributed by atoms with E-state index in [1.54, 1.807) is 24.5 Å². The summed E-state index contributed by atoms with van der Waals surface area (Å²) in [6, 6.07) is 6.34. The molecule has 0 aliphatic heterocycles. The highest BCUT2D eigenvalue weighted by Crippen LogP contribution is 2.19. The molecule has 1 aromatic heterocycles. The average Bonchev–Trinajstić information content (AvgIpc) is 2.42. The summed E-state index contributed by atoms with van der Waals surface area (Å²) in [5.41, 5.74) is 6.30. The van der Waals surface area contributed by atoms with Crippen LogP contribution in [-0.2, 0) is 9.84 Å². The Balaban J connectivity index is 2.27. The maximum absolute atomic E-state index is 12.3. The first-order valence-corrected chi connectivity index (χ1v) is 8.25. The van der Waals surface area contributed by atoms with Crippen molar-refractivity contribution >= 4 is 26.4 Å². The molecule has 1 heterocycles. The molecule has 0 amide bonds. The smallest absolute Gasteiger partial charge is 0.180 e. The summed E-state index contributed by atoms with van der Waals surface area (Å²) in [6.07, 6.45) is 4.52. The first-order valence-electron chi connectivity index (χ1n) is 6.19. The zero-order chi connectivity index (χ0) is 14.8. The molecule has 106 valence electrons. The van der Waals surface area contributed by atoms with Crippen LogP contribution in [0, 0.1) is 0 Å². The maximum Gasteiger partial charge on any atom is 0.180 e. The van der Waals surface area contributed by atoms with Gasteiger partial charge in [-0.2, -0.15) is 0 Å². The van der Waals surface area contributed by atoms with Crippen molar-refractivity contribution < 1.29 is 13.2 Å². The minimum absolute atomic E-state index is 0.0943. The third-order valence-electron chi connectivity index (χ3n) is 3.09. The van der Waals surface area contributed by atoms with E-state index in [0.29, 0.717) is 5.56 Å². The number of ketones is 1. The molecule has 2 aromatic rings. The van der Waals surface area contributed by atoms with Crippen molar-refractivity contribution in [3.8, 4) is 0 Å². The third kappa shape index (κ3) is 3.40. The summed E-state index contributed by atoms with van der Waals surface area (Å²) in [4.78, 5) is 16.3. The highest BCUT2D eigenvalue weighted by molar-refractivity contribution is 7.90. The standard InChI is InChI=1S/C14H16N2O3S/c1-20(18,19)8-6-13(15)14(17)11-4-2-3-10-5-7-16-9-12(10)11/h2-5,7,9,13H,6,8,15H2,1H3. The number of pyridine rings is 1. The fourth-order valence-corrected chi connectivity index (χ4v) is 2.68. The number of nitrogens with zero attached hydrogens (tertiary/aromatic N) is 1. The predicted molar refractivity (Wildman–Crippen MR) is 78.4 cm³/mol. The number of hydrogen-bond acceptors (Lipinski definition) is 5. The Bertz CT molecular complexity index is 736. The van der Waals surface area contributed by atoms with Gasteiger partial charge in [0.2, 0.25) is 0 Å². The van der Waals surface area contributed by atoms with E-state index in [1.165, 1.54) is 0 Å². The molecule has 0 bridgehead atoms. The van der Waals surface area contributed by atoms with E-state index in [4.69, 9.17) is 5.73 Å². The van der Waals surface area contributed by atoms with Crippen LogP contribution in [-0.4, -0.2) is 37.2 Å². The molecule has 0 spiro atoms. The molecule has 0 saturated heterocycles. The van der Waals surface area contributed by atoms with Gasteiger partial charge >= 0.3 is 0 Å². The Hall–Kier alpha value is -1.79. The first-order chi connectivity index (χ1) is 9.38. The zero-order valence-corrected chi connectivity index (χ0v) is 11.9. The normalized spacial score (nSPS) is 13.3. The molecule has 1 aromatic carbocycles. The number of sulfone groups is 1. The fraction of sp³-hybridized carbons (Fsp3) is 0.286. The lowest BCUT2D eigenvalue weighted by Crippen LogP contribution is -2.32. The van der Waals surface area contributed by atoms with Crippen LogP contribution in [0.2, 0.25) is 0 Å². The Labute approximate surface area is 117 Å². The molecule has 0 radical (unpaired) electrons. The Kier molecular flexibility index (Phi) is 4.15. The van der Waals surface area contributed by atoms with Crippen molar-refractivity contribution in [3.63, 3.8) is 0 Å². The van der Waals surface area contributed by atoms with Gasteiger partial charge in [-0.25, -0.2) is 8.42 Å². The van der Waals surface area contributed by atoms with Gasteiger partial charge in [0.15, 0.2) is 5.78 Å². The second kappa shape index (κ2) is 5.68. The van der Waals surface area contributed by atoms with Crippen LogP contribution >= 0.6 is 0 Å². The van der Waals surface area contributed by atoms with E-state index < -0.39 is 15.9 Å². The molecular weight excluding hydrogens is 276 g/mol. The molecule has 0 aliphatic rings. The van der Waals surface area contributed by atoms with Crippen LogP contribution in [0.4, 0.5) is 0 Å². The molecule has 6 heteroatoms. The van der Waals surface area contributed by atoms with Crippen LogP contribution in [0.1, 0.15) is 16.8 Å². The van der Waals surface area contributed by atoms with Gasteiger partial charge in [0, 0.05) is 29.6 Å². The second-order valence-corrected chi connectivity index (χ2v) is 7.05. The number of fused-ring (bicyclic) bond motifs is 1. The molecule has 0 aliphatic carbocycles. The van der Waals surface area contributed by atoms with Gasteiger partial charge in [0.05, 0.1) is 11.8 Å². The molecule has 0 fully saturated rings. The van der Waals surface area contributed by atoms with E-state index in [0.717, 1.165) is 17.0 Å². The lowest BCUT2D eigenvalue weighted by Gasteiger charge is -2.11. The highest BCUT2D eigenvalue weighted by Gasteiger charge is 2.19. The Morgan fingerprint density at radius 2 is 2.10 bits per heavy atom. The quantitative estimate of drug-likeness (QED) is 0.836. The number of aromatic nitrogens is 1. The van der Waals surface area contributed by atoms with E-state index in [2.05, 4.69) is 4.98 Å². The van der Waals surface area contributed by atoms with Crippen LogP contribution in [0.5, 0.6) is 0 Å². The summed E-state index contributed by atoms with van der Waals surface area (Å²) < 4.78 is 22.3. The lowest BCUT2D eigenvalue weighted by atomic mass is 9.98. The largest absolute Gasteiger partial charge is 0.321 e. The number of hydrogen-bond donors (Lipinski definition) is 1. The predicted octanol–water partition coefficient (Wildman–Crippen LogP) is 1.18.